The third-order valence-electron chi connectivity index (χ3n) is 3.07. The second-order valence-electron chi connectivity index (χ2n) is 4.39. The van der Waals surface area contributed by atoms with Crippen LogP contribution in [0.5, 0.6) is 0 Å². The highest BCUT2D eigenvalue weighted by Gasteiger charge is 2.21. The van der Waals surface area contributed by atoms with Crippen LogP contribution in [0.2, 0.25) is 0 Å². The van der Waals surface area contributed by atoms with Crippen LogP contribution >= 0.6 is 11.8 Å². The van der Waals surface area contributed by atoms with Crippen molar-refractivity contribution in [1.82, 2.24) is 10.2 Å². The number of hydrogen-bond donors (Lipinski definition) is 1. The molecule has 100 valence electrons. The maximum Gasteiger partial charge on any atom is 0.248 e. The summed E-state index contributed by atoms with van der Waals surface area (Å²) in [7, 11) is 1.57. The van der Waals surface area contributed by atoms with E-state index in [1.165, 1.54) is 12.2 Å². The number of likely N-dealkylation sites (tertiary alicyclic amines) is 1. The average Bonchev–Trinajstić information content (AvgIpc) is 2.36. The first-order chi connectivity index (χ1) is 8.27. The minimum absolute atomic E-state index is 0.119. The molecule has 0 bridgehead atoms. The van der Waals surface area contributed by atoms with E-state index in [1.54, 1.807) is 7.11 Å². The molecule has 1 heterocycles. The van der Waals surface area contributed by atoms with Gasteiger partial charge in [0.1, 0.15) is 6.61 Å². The molecule has 1 N–H and O–H groups in total. The van der Waals surface area contributed by atoms with Crippen LogP contribution in [-0.4, -0.2) is 62.2 Å². The van der Waals surface area contributed by atoms with Crippen LogP contribution in [0.4, 0.5) is 0 Å². The smallest absolute Gasteiger partial charge is 0.248 e. The molecule has 17 heavy (non-hydrogen) atoms. The van der Waals surface area contributed by atoms with Crippen molar-refractivity contribution in [3.63, 3.8) is 0 Å². The lowest BCUT2D eigenvalue weighted by Crippen LogP contribution is -2.46. The number of hydrogen-bond acceptors (Lipinski definition) is 4. The van der Waals surface area contributed by atoms with Crippen molar-refractivity contribution in [2.24, 2.45) is 0 Å². The number of carbonyl (C=O) groups is 1. The summed E-state index contributed by atoms with van der Waals surface area (Å²) in [5.74, 6) is 1.34. The van der Waals surface area contributed by atoms with Crippen molar-refractivity contribution in [3.8, 4) is 0 Å². The molecule has 1 aliphatic rings. The van der Waals surface area contributed by atoms with Gasteiger partial charge in [-0.1, -0.05) is 0 Å². The third kappa shape index (κ3) is 5.75. The minimum Gasteiger partial charge on any atom is -0.375 e. The fraction of sp³-hybridized carbons (Fsp3) is 0.917. The van der Waals surface area contributed by atoms with Gasteiger partial charge in [-0.3, -0.25) is 4.79 Å². The van der Waals surface area contributed by atoms with E-state index in [0.717, 1.165) is 32.5 Å². The summed E-state index contributed by atoms with van der Waals surface area (Å²) in [5.41, 5.74) is 0. The summed E-state index contributed by atoms with van der Waals surface area (Å²) in [6.45, 7) is 3.04. The molecule has 0 spiro atoms. The van der Waals surface area contributed by atoms with Crippen LogP contribution in [0.25, 0.3) is 0 Å². The summed E-state index contributed by atoms with van der Waals surface area (Å²) in [6, 6.07) is 0.587. The predicted octanol–water partition coefficient (Wildman–Crippen LogP) is 0.967. The summed E-state index contributed by atoms with van der Waals surface area (Å²) in [5, 5.41) is 3.57. The van der Waals surface area contributed by atoms with Gasteiger partial charge in [-0.2, -0.15) is 11.8 Å². The lowest BCUT2D eigenvalue weighted by molar-refractivity contribution is -0.136. The minimum atomic E-state index is 0.119. The number of methoxy groups -OCH3 is 1. The molecule has 1 saturated heterocycles. The zero-order valence-electron chi connectivity index (χ0n) is 10.9. The quantitative estimate of drug-likeness (QED) is 0.693. The van der Waals surface area contributed by atoms with E-state index >= 15 is 0 Å². The first-order valence-corrected chi connectivity index (χ1v) is 7.66. The fourth-order valence-electron chi connectivity index (χ4n) is 2.07. The summed E-state index contributed by atoms with van der Waals surface area (Å²) in [4.78, 5) is 13.5. The molecular formula is C12H24N2O2S. The number of thioether (sulfide) groups is 1. The van der Waals surface area contributed by atoms with E-state index in [1.807, 2.05) is 16.7 Å². The molecule has 0 aromatic heterocycles. The van der Waals surface area contributed by atoms with E-state index in [-0.39, 0.29) is 12.5 Å². The Bertz CT molecular complexity index is 219. The van der Waals surface area contributed by atoms with Crippen molar-refractivity contribution in [1.29, 1.82) is 0 Å². The monoisotopic (exact) mass is 260 g/mol. The molecule has 0 aromatic rings. The van der Waals surface area contributed by atoms with Crippen LogP contribution in [0.3, 0.4) is 0 Å². The van der Waals surface area contributed by atoms with Crippen LogP contribution in [0.15, 0.2) is 0 Å². The van der Waals surface area contributed by atoms with Crippen molar-refractivity contribution < 1.29 is 9.53 Å². The van der Waals surface area contributed by atoms with Crippen molar-refractivity contribution >= 4 is 17.7 Å². The van der Waals surface area contributed by atoms with Crippen LogP contribution in [-0.2, 0) is 9.53 Å². The highest BCUT2D eigenvalue weighted by molar-refractivity contribution is 7.98. The van der Waals surface area contributed by atoms with Gasteiger partial charge in [0.25, 0.3) is 0 Å². The van der Waals surface area contributed by atoms with Crippen molar-refractivity contribution in [2.75, 3.05) is 45.4 Å². The van der Waals surface area contributed by atoms with Gasteiger partial charge in [-0.05, 0) is 37.8 Å². The van der Waals surface area contributed by atoms with Gasteiger partial charge in [0.2, 0.25) is 5.91 Å². The first kappa shape index (κ1) is 14.8. The molecule has 0 aromatic carbocycles. The Hall–Kier alpha value is -0.260. The zero-order valence-corrected chi connectivity index (χ0v) is 11.7. The Balaban J connectivity index is 2.11. The number of rotatable bonds is 7. The van der Waals surface area contributed by atoms with Crippen molar-refractivity contribution in [3.05, 3.63) is 0 Å². The Morgan fingerprint density at radius 1 is 1.47 bits per heavy atom. The second kappa shape index (κ2) is 8.78. The molecule has 1 rings (SSSR count). The number of piperidine rings is 1. The van der Waals surface area contributed by atoms with Gasteiger partial charge in [0.15, 0.2) is 0 Å². The van der Waals surface area contributed by atoms with Crippen LogP contribution < -0.4 is 5.32 Å². The highest BCUT2D eigenvalue weighted by atomic mass is 32.2. The second-order valence-corrected chi connectivity index (χ2v) is 5.37. The Kier molecular flexibility index (Phi) is 7.64. The molecule has 4 nitrogen and oxygen atoms in total. The largest absolute Gasteiger partial charge is 0.375 e. The van der Waals surface area contributed by atoms with Crippen LogP contribution in [0.1, 0.15) is 19.3 Å². The zero-order chi connectivity index (χ0) is 12.5. The van der Waals surface area contributed by atoms with Crippen LogP contribution in [0, 0.1) is 0 Å². The average molecular weight is 260 g/mol. The van der Waals surface area contributed by atoms with E-state index in [2.05, 4.69) is 11.6 Å². The number of amides is 1. The molecule has 5 heteroatoms. The topological polar surface area (TPSA) is 41.6 Å². The maximum absolute atomic E-state index is 11.6. The van der Waals surface area contributed by atoms with Gasteiger partial charge >= 0.3 is 0 Å². The predicted molar refractivity (Wildman–Crippen MR) is 72.5 cm³/mol. The highest BCUT2D eigenvalue weighted by Crippen LogP contribution is 2.10. The number of ether oxygens (including phenoxy) is 1. The number of carbonyl (C=O) groups excluding carboxylic acids is 1. The van der Waals surface area contributed by atoms with Crippen molar-refractivity contribution in [2.45, 2.75) is 25.3 Å². The van der Waals surface area contributed by atoms with E-state index in [4.69, 9.17) is 4.74 Å². The lowest BCUT2D eigenvalue weighted by Gasteiger charge is -2.32. The third-order valence-corrected chi connectivity index (χ3v) is 3.77. The summed E-state index contributed by atoms with van der Waals surface area (Å²) < 4.78 is 4.87. The van der Waals surface area contributed by atoms with Gasteiger partial charge in [-0.25, -0.2) is 0 Å². The SMILES string of the molecule is COCC(=O)N1CCC(NCCCSC)CC1. The molecule has 0 radical (unpaired) electrons. The molecular weight excluding hydrogens is 236 g/mol. The first-order valence-electron chi connectivity index (χ1n) is 6.27. The number of nitrogens with one attached hydrogen (secondary N) is 1. The molecule has 0 saturated carbocycles. The maximum atomic E-state index is 11.6. The summed E-state index contributed by atoms with van der Waals surface area (Å²) >= 11 is 1.89. The molecule has 0 aliphatic carbocycles. The fourth-order valence-corrected chi connectivity index (χ4v) is 2.50. The molecule has 1 aliphatic heterocycles. The van der Waals surface area contributed by atoms with E-state index in [0.29, 0.717) is 6.04 Å². The number of nitrogens with zero attached hydrogens (tertiary/aromatic N) is 1. The van der Waals surface area contributed by atoms with E-state index in [9.17, 15) is 4.79 Å². The van der Waals surface area contributed by atoms with Gasteiger partial charge in [0.05, 0.1) is 0 Å². The Morgan fingerprint density at radius 2 is 2.18 bits per heavy atom. The lowest BCUT2D eigenvalue weighted by atomic mass is 10.0. The molecule has 1 amide bonds. The standard InChI is InChI=1S/C12H24N2O2S/c1-16-10-12(15)14-7-4-11(5-8-14)13-6-3-9-17-2/h11,13H,3-10H2,1-2H3. The Morgan fingerprint density at radius 3 is 2.76 bits per heavy atom. The molecule has 1 fully saturated rings. The molecule has 0 atom stereocenters. The normalized spacial score (nSPS) is 17.4. The van der Waals surface area contributed by atoms with Gasteiger partial charge in [0, 0.05) is 26.2 Å². The summed E-state index contributed by atoms with van der Waals surface area (Å²) in [6.07, 6.45) is 5.49. The van der Waals surface area contributed by atoms with E-state index < -0.39 is 0 Å². The molecule has 0 unspecified atom stereocenters. The van der Waals surface area contributed by atoms with Gasteiger partial charge in [-0.15, -0.1) is 0 Å². The van der Waals surface area contributed by atoms with Gasteiger partial charge < -0.3 is 15.0 Å². The Labute approximate surface area is 108 Å².